The van der Waals surface area contributed by atoms with Gasteiger partial charge < -0.3 is 10.4 Å². The highest BCUT2D eigenvalue weighted by Crippen LogP contribution is 2.28. The number of carboxylic acid groups (broad SMARTS) is 1. The van der Waals surface area contributed by atoms with Gasteiger partial charge in [0.25, 0.3) is 5.91 Å². The van der Waals surface area contributed by atoms with Crippen LogP contribution in [0.4, 0.5) is 10.5 Å². The Morgan fingerprint density at radius 2 is 2.12 bits per heavy atom. The molecule has 3 amide bonds. The lowest BCUT2D eigenvalue weighted by Gasteiger charge is -2.14. The lowest BCUT2D eigenvalue weighted by Crippen LogP contribution is -2.31. The Bertz CT molecular complexity index is 513. The van der Waals surface area contributed by atoms with Crippen molar-refractivity contribution in [1.82, 2.24) is 5.32 Å². The molecule has 0 aromatic heterocycles. The van der Waals surface area contributed by atoms with Crippen LogP contribution in [0.3, 0.4) is 0 Å². The zero-order valence-corrected chi connectivity index (χ0v) is 9.19. The van der Waals surface area contributed by atoms with E-state index >= 15 is 0 Å². The Labute approximate surface area is 101 Å². The number of nitrogens with one attached hydrogen (secondary N) is 1. The monoisotopic (exact) mass is 254 g/mol. The number of rotatable bonds is 2. The Morgan fingerprint density at radius 1 is 1.41 bits per heavy atom. The second kappa shape index (κ2) is 4.06. The first-order chi connectivity index (χ1) is 8.00. The van der Waals surface area contributed by atoms with Crippen LogP contribution in [-0.2, 0) is 4.79 Å². The molecule has 1 saturated heterocycles. The van der Waals surface area contributed by atoms with E-state index in [0.717, 1.165) is 4.90 Å². The molecule has 0 aliphatic carbocycles. The van der Waals surface area contributed by atoms with Crippen molar-refractivity contribution in [2.24, 2.45) is 0 Å². The fourth-order valence-electron chi connectivity index (χ4n) is 1.48. The molecule has 88 valence electrons. The number of aromatic carboxylic acids is 1. The molecule has 0 unspecified atom stereocenters. The van der Waals surface area contributed by atoms with Crippen LogP contribution in [0, 0.1) is 0 Å². The molecule has 1 aromatic rings. The van der Waals surface area contributed by atoms with Crippen molar-refractivity contribution in [3.05, 3.63) is 28.8 Å². The molecule has 0 saturated carbocycles. The number of urea groups is 1. The highest BCUT2D eigenvalue weighted by molar-refractivity contribution is 6.35. The second-order valence-electron chi connectivity index (χ2n) is 3.36. The summed E-state index contributed by atoms with van der Waals surface area (Å²) in [6, 6.07) is 3.21. The zero-order valence-electron chi connectivity index (χ0n) is 8.44. The number of amides is 3. The predicted molar refractivity (Wildman–Crippen MR) is 59.3 cm³/mol. The zero-order chi connectivity index (χ0) is 12.6. The van der Waals surface area contributed by atoms with Crippen LogP contribution >= 0.6 is 11.6 Å². The normalized spacial score (nSPS) is 15.0. The molecule has 1 fully saturated rings. The van der Waals surface area contributed by atoms with Crippen molar-refractivity contribution >= 4 is 35.2 Å². The van der Waals surface area contributed by atoms with Crippen LogP contribution in [0.2, 0.25) is 5.02 Å². The van der Waals surface area contributed by atoms with Crippen LogP contribution in [0.25, 0.3) is 0 Å². The smallest absolute Gasteiger partial charge is 0.335 e. The van der Waals surface area contributed by atoms with Crippen molar-refractivity contribution in [3.8, 4) is 0 Å². The van der Waals surface area contributed by atoms with E-state index in [9.17, 15) is 14.4 Å². The van der Waals surface area contributed by atoms with E-state index < -0.39 is 17.9 Å². The van der Waals surface area contributed by atoms with Gasteiger partial charge in [0.2, 0.25) is 0 Å². The molecule has 1 aliphatic rings. The summed E-state index contributed by atoms with van der Waals surface area (Å²) in [5.74, 6) is -1.63. The van der Waals surface area contributed by atoms with Crippen LogP contribution < -0.4 is 10.2 Å². The van der Waals surface area contributed by atoms with E-state index in [1.165, 1.54) is 18.2 Å². The lowest BCUT2D eigenvalue weighted by atomic mass is 10.2. The number of hydrogen-bond donors (Lipinski definition) is 2. The van der Waals surface area contributed by atoms with Gasteiger partial charge >= 0.3 is 12.0 Å². The molecule has 1 aliphatic heterocycles. The van der Waals surface area contributed by atoms with Crippen LogP contribution in [0.15, 0.2) is 18.2 Å². The van der Waals surface area contributed by atoms with Crippen molar-refractivity contribution in [1.29, 1.82) is 0 Å². The van der Waals surface area contributed by atoms with E-state index in [-0.39, 0.29) is 22.8 Å². The number of halogens is 1. The number of imide groups is 1. The Hall–Kier alpha value is -2.08. The number of hydrogen-bond acceptors (Lipinski definition) is 3. The lowest BCUT2D eigenvalue weighted by molar-refractivity contribution is -0.115. The molecule has 6 nitrogen and oxygen atoms in total. The largest absolute Gasteiger partial charge is 0.478 e. The Morgan fingerprint density at radius 3 is 2.65 bits per heavy atom. The van der Waals surface area contributed by atoms with Crippen molar-refractivity contribution in [2.45, 2.75) is 0 Å². The molecule has 2 N–H and O–H groups in total. The maximum absolute atomic E-state index is 11.5. The van der Waals surface area contributed by atoms with Crippen LogP contribution in [-0.4, -0.2) is 29.6 Å². The summed E-state index contributed by atoms with van der Waals surface area (Å²) in [6.45, 7) is -0.119. The third-order valence-electron chi connectivity index (χ3n) is 2.28. The number of anilines is 1. The molecule has 0 atom stereocenters. The first-order valence-corrected chi connectivity index (χ1v) is 5.02. The number of carbonyl (C=O) groups is 3. The van der Waals surface area contributed by atoms with E-state index in [4.69, 9.17) is 16.7 Å². The number of carbonyl (C=O) groups excluding carboxylic acids is 2. The van der Waals surface area contributed by atoms with E-state index in [2.05, 4.69) is 5.32 Å². The first kappa shape index (κ1) is 11.4. The summed E-state index contributed by atoms with van der Waals surface area (Å²) in [7, 11) is 0. The van der Waals surface area contributed by atoms with Gasteiger partial charge in [0.15, 0.2) is 0 Å². The van der Waals surface area contributed by atoms with E-state index in [1.54, 1.807) is 0 Å². The summed E-state index contributed by atoms with van der Waals surface area (Å²) < 4.78 is 0. The molecule has 17 heavy (non-hydrogen) atoms. The fraction of sp³-hybridized carbons (Fsp3) is 0.100. The summed E-state index contributed by atoms with van der Waals surface area (Å²) in [4.78, 5) is 34.5. The minimum atomic E-state index is -1.16. The summed E-state index contributed by atoms with van der Waals surface area (Å²) in [5.41, 5.74) is 0.0310. The molecule has 2 rings (SSSR count). The molecule has 0 radical (unpaired) electrons. The summed E-state index contributed by atoms with van der Waals surface area (Å²) >= 11 is 5.84. The van der Waals surface area contributed by atoms with Gasteiger partial charge in [0.1, 0.15) is 0 Å². The highest BCUT2D eigenvalue weighted by Gasteiger charge is 2.31. The number of carboxylic acids is 1. The quantitative estimate of drug-likeness (QED) is 0.774. The molecular weight excluding hydrogens is 248 g/mol. The molecular formula is C10H7ClN2O4. The Balaban J connectivity index is 2.50. The predicted octanol–water partition coefficient (Wildman–Crippen LogP) is 1.09. The SMILES string of the molecule is O=C(O)c1ccc(Cl)c(N2C(=O)CNC2=O)c1. The van der Waals surface area contributed by atoms with Gasteiger partial charge in [0, 0.05) is 0 Å². The third-order valence-corrected chi connectivity index (χ3v) is 2.60. The first-order valence-electron chi connectivity index (χ1n) is 4.64. The maximum atomic E-state index is 11.5. The Kier molecular flexibility index (Phi) is 2.72. The summed E-state index contributed by atoms with van der Waals surface area (Å²) in [6.07, 6.45) is 0. The van der Waals surface area contributed by atoms with Gasteiger partial charge in [0.05, 0.1) is 22.8 Å². The molecule has 0 spiro atoms. The molecule has 7 heteroatoms. The molecule has 1 aromatic carbocycles. The number of nitrogens with zero attached hydrogens (tertiary/aromatic N) is 1. The third kappa shape index (κ3) is 1.94. The van der Waals surface area contributed by atoms with Gasteiger partial charge in [-0.3, -0.25) is 4.79 Å². The van der Waals surface area contributed by atoms with Gasteiger partial charge in [-0.15, -0.1) is 0 Å². The molecule has 1 heterocycles. The molecule has 0 bridgehead atoms. The van der Waals surface area contributed by atoms with E-state index in [0.29, 0.717) is 0 Å². The minimum absolute atomic E-state index is 0.0445. The fourth-order valence-corrected chi connectivity index (χ4v) is 1.69. The van der Waals surface area contributed by atoms with Crippen LogP contribution in [0.1, 0.15) is 10.4 Å². The summed E-state index contributed by atoms with van der Waals surface area (Å²) in [5, 5.41) is 11.3. The van der Waals surface area contributed by atoms with Crippen molar-refractivity contribution in [3.63, 3.8) is 0 Å². The van der Waals surface area contributed by atoms with Gasteiger partial charge in [-0.05, 0) is 18.2 Å². The van der Waals surface area contributed by atoms with E-state index in [1.807, 2.05) is 0 Å². The maximum Gasteiger partial charge on any atom is 0.335 e. The van der Waals surface area contributed by atoms with Crippen LogP contribution in [0.5, 0.6) is 0 Å². The average Bonchev–Trinajstić information content (AvgIpc) is 2.59. The minimum Gasteiger partial charge on any atom is -0.478 e. The number of benzene rings is 1. The highest BCUT2D eigenvalue weighted by atomic mass is 35.5. The van der Waals surface area contributed by atoms with Crippen molar-refractivity contribution < 1.29 is 19.5 Å². The second-order valence-corrected chi connectivity index (χ2v) is 3.77. The topological polar surface area (TPSA) is 86.7 Å². The standard InChI is InChI=1S/C10H7ClN2O4/c11-6-2-1-5(9(15)16)3-7(6)13-8(14)4-12-10(13)17/h1-3H,4H2,(H,12,17)(H,15,16). The van der Waals surface area contributed by atoms with Crippen molar-refractivity contribution in [2.75, 3.05) is 11.4 Å². The van der Waals surface area contributed by atoms with Gasteiger partial charge in [-0.1, -0.05) is 11.6 Å². The average molecular weight is 255 g/mol. The van der Waals surface area contributed by atoms with Gasteiger partial charge in [-0.2, -0.15) is 0 Å². The van der Waals surface area contributed by atoms with Gasteiger partial charge in [-0.25, -0.2) is 14.5 Å².